The molecule has 0 saturated carbocycles. The highest BCUT2D eigenvalue weighted by Gasteiger charge is 2.21. The first kappa shape index (κ1) is 15.3. The summed E-state index contributed by atoms with van der Waals surface area (Å²) in [6.45, 7) is -0.668. The first-order chi connectivity index (χ1) is 11.5. The molecule has 9 heteroatoms. The number of carboxylic acid groups (broad SMARTS) is 1. The molecule has 4 N–H and O–H groups in total. The minimum Gasteiger partial charge on any atom is -0.506 e. The van der Waals surface area contributed by atoms with Crippen LogP contribution in [-0.2, 0) is 4.79 Å². The molecule has 1 amide bonds. The van der Waals surface area contributed by atoms with E-state index in [4.69, 9.17) is 5.11 Å². The summed E-state index contributed by atoms with van der Waals surface area (Å²) in [5.74, 6) is -2.80. The maximum atomic E-state index is 12.2. The summed E-state index contributed by atoms with van der Waals surface area (Å²) in [5, 5.41) is 25.1. The van der Waals surface area contributed by atoms with Gasteiger partial charge in [0.25, 0.3) is 11.5 Å². The highest BCUT2D eigenvalue weighted by atomic mass is 16.4. The average Bonchev–Trinajstić information content (AvgIpc) is 2.97. The van der Waals surface area contributed by atoms with Crippen molar-refractivity contribution in [3.63, 3.8) is 0 Å². The molecule has 2 heterocycles. The van der Waals surface area contributed by atoms with Crippen LogP contribution < -0.4 is 10.9 Å². The quantitative estimate of drug-likeness (QED) is 0.541. The van der Waals surface area contributed by atoms with Gasteiger partial charge in [0.05, 0.1) is 17.3 Å². The molecule has 0 fully saturated rings. The number of aromatic hydroxyl groups is 1. The minimum atomic E-state index is -1.27. The molecule has 0 bridgehead atoms. The average molecular weight is 328 g/mol. The van der Waals surface area contributed by atoms with Crippen LogP contribution in [0.25, 0.3) is 16.7 Å². The van der Waals surface area contributed by atoms with Crippen molar-refractivity contribution in [3.8, 4) is 11.4 Å². The number of pyridine rings is 1. The fourth-order valence-corrected chi connectivity index (χ4v) is 2.27. The Morgan fingerprint density at radius 2 is 1.96 bits per heavy atom. The number of amides is 1. The molecule has 3 aromatic rings. The van der Waals surface area contributed by atoms with Crippen LogP contribution in [0.2, 0.25) is 0 Å². The van der Waals surface area contributed by atoms with Gasteiger partial charge in [0, 0.05) is 0 Å². The van der Waals surface area contributed by atoms with E-state index in [1.54, 1.807) is 24.3 Å². The number of benzene rings is 1. The normalized spacial score (nSPS) is 10.7. The molecule has 0 spiro atoms. The number of para-hydroxylation sites is 1. The van der Waals surface area contributed by atoms with Gasteiger partial charge in [-0.2, -0.15) is 5.10 Å². The number of fused-ring (bicyclic) bond motifs is 1. The zero-order valence-electron chi connectivity index (χ0n) is 12.2. The summed E-state index contributed by atoms with van der Waals surface area (Å²) in [6.07, 6.45) is 1.31. The van der Waals surface area contributed by atoms with Crippen LogP contribution in [0.15, 0.2) is 41.3 Å². The van der Waals surface area contributed by atoms with Crippen LogP contribution in [0.4, 0.5) is 0 Å². The molecule has 0 aliphatic carbocycles. The Kier molecular flexibility index (Phi) is 3.74. The Morgan fingerprint density at radius 3 is 2.62 bits per heavy atom. The number of hydrogen-bond donors (Lipinski definition) is 4. The Hall–Kier alpha value is -3.62. The number of nitrogens with zero attached hydrogens (tertiary/aromatic N) is 2. The predicted molar refractivity (Wildman–Crippen MR) is 83.3 cm³/mol. The third-order valence-electron chi connectivity index (χ3n) is 3.35. The van der Waals surface area contributed by atoms with E-state index in [2.05, 4.69) is 10.1 Å². The van der Waals surface area contributed by atoms with Gasteiger partial charge in [-0.3, -0.25) is 14.4 Å². The molecule has 0 atom stereocenters. The zero-order valence-corrected chi connectivity index (χ0v) is 12.2. The molecular formula is C15H12N4O5. The summed E-state index contributed by atoms with van der Waals surface area (Å²) in [7, 11) is 0. The summed E-state index contributed by atoms with van der Waals surface area (Å²) >= 11 is 0. The lowest BCUT2D eigenvalue weighted by atomic mass is 10.2. The van der Waals surface area contributed by atoms with Crippen molar-refractivity contribution >= 4 is 22.9 Å². The van der Waals surface area contributed by atoms with Crippen molar-refractivity contribution in [1.82, 2.24) is 20.1 Å². The number of hydrogen-bond acceptors (Lipinski definition) is 5. The van der Waals surface area contributed by atoms with E-state index >= 15 is 0 Å². The van der Waals surface area contributed by atoms with Crippen molar-refractivity contribution in [3.05, 3.63) is 52.4 Å². The summed E-state index contributed by atoms with van der Waals surface area (Å²) in [4.78, 5) is 37.1. The highest BCUT2D eigenvalue weighted by Crippen LogP contribution is 2.26. The Balaban J connectivity index is 2.11. The van der Waals surface area contributed by atoms with Gasteiger partial charge in [0.1, 0.15) is 23.5 Å². The van der Waals surface area contributed by atoms with E-state index in [1.807, 2.05) is 11.4 Å². The summed E-state index contributed by atoms with van der Waals surface area (Å²) in [6, 6.07) is 8.91. The fourth-order valence-electron chi connectivity index (χ4n) is 2.27. The Morgan fingerprint density at radius 1 is 1.25 bits per heavy atom. The maximum Gasteiger partial charge on any atom is 0.322 e. The molecule has 0 unspecified atom stereocenters. The van der Waals surface area contributed by atoms with Crippen molar-refractivity contribution in [2.45, 2.75) is 0 Å². The molecule has 0 radical (unpaired) electrons. The number of aromatic nitrogens is 3. The second-order valence-electron chi connectivity index (χ2n) is 4.91. The van der Waals surface area contributed by atoms with Gasteiger partial charge < -0.3 is 20.5 Å². The molecule has 0 saturated heterocycles. The third kappa shape index (κ3) is 2.58. The van der Waals surface area contributed by atoms with Gasteiger partial charge in [-0.05, 0) is 12.1 Å². The lowest BCUT2D eigenvalue weighted by Crippen LogP contribution is -2.33. The van der Waals surface area contributed by atoms with Crippen LogP contribution in [0, 0.1) is 0 Å². The number of carbonyl (C=O) groups is 2. The van der Waals surface area contributed by atoms with Crippen LogP contribution in [0.1, 0.15) is 10.4 Å². The number of carboxylic acids is 1. The number of H-pyrrole nitrogens is 1. The first-order valence-corrected chi connectivity index (χ1v) is 6.87. The second-order valence-corrected chi connectivity index (χ2v) is 4.91. The van der Waals surface area contributed by atoms with Crippen molar-refractivity contribution in [1.29, 1.82) is 0 Å². The minimum absolute atomic E-state index is 0.166. The van der Waals surface area contributed by atoms with Crippen molar-refractivity contribution < 1.29 is 19.8 Å². The number of aliphatic carboxylic acids is 1. The SMILES string of the molecule is O=C(O)CNC(=O)c1c(O)c2cnn(-c3ccccc3)c2[nH]c1=O. The van der Waals surface area contributed by atoms with E-state index in [0.717, 1.165) is 0 Å². The van der Waals surface area contributed by atoms with Crippen LogP contribution in [0.5, 0.6) is 5.75 Å². The van der Waals surface area contributed by atoms with Crippen LogP contribution >= 0.6 is 0 Å². The smallest absolute Gasteiger partial charge is 0.322 e. The van der Waals surface area contributed by atoms with Gasteiger partial charge in [-0.1, -0.05) is 18.2 Å². The first-order valence-electron chi connectivity index (χ1n) is 6.87. The Bertz CT molecular complexity index is 990. The number of aromatic amines is 1. The van der Waals surface area contributed by atoms with E-state index in [1.165, 1.54) is 10.9 Å². The van der Waals surface area contributed by atoms with E-state index in [0.29, 0.717) is 5.69 Å². The van der Waals surface area contributed by atoms with E-state index in [-0.39, 0.29) is 11.0 Å². The largest absolute Gasteiger partial charge is 0.506 e. The number of nitrogens with one attached hydrogen (secondary N) is 2. The molecule has 122 valence electrons. The van der Waals surface area contributed by atoms with E-state index in [9.17, 15) is 19.5 Å². The van der Waals surface area contributed by atoms with Gasteiger partial charge in [0.2, 0.25) is 0 Å². The van der Waals surface area contributed by atoms with Gasteiger partial charge in [-0.15, -0.1) is 0 Å². The monoisotopic (exact) mass is 328 g/mol. The van der Waals surface area contributed by atoms with Gasteiger partial charge in [0.15, 0.2) is 0 Å². The molecule has 9 nitrogen and oxygen atoms in total. The van der Waals surface area contributed by atoms with Crippen molar-refractivity contribution in [2.24, 2.45) is 0 Å². The van der Waals surface area contributed by atoms with Crippen LogP contribution in [0.3, 0.4) is 0 Å². The van der Waals surface area contributed by atoms with E-state index < -0.39 is 35.3 Å². The molecule has 24 heavy (non-hydrogen) atoms. The highest BCUT2D eigenvalue weighted by molar-refractivity contribution is 6.02. The standard InChI is InChI=1S/C15H12N4O5/c20-10(21)7-16-14(23)11-12(22)9-6-17-19(13(9)18-15(11)24)8-4-2-1-3-5-8/h1-6H,7H2,(H,16,23)(H,20,21)(H2,18,22,24). The second kappa shape index (κ2) is 5.88. The molecular weight excluding hydrogens is 316 g/mol. The number of carbonyl (C=O) groups excluding carboxylic acids is 1. The topological polar surface area (TPSA) is 137 Å². The Labute approximate surface area is 134 Å². The fraction of sp³-hybridized carbons (Fsp3) is 0.0667. The third-order valence-corrected chi connectivity index (χ3v) is 3.35. The van der Waals surface area contributed by atoms with Gasteiger partial charge >= 0.3 is 5.97 Å². The van der Waals surface area contributed by atoms with Gasteiger partial charge in [-0.25, -0.2) is 4.68 Å². The molecule has 3 rings (SSSR count). The molecule has 0 aliphatic heterocycles. The maximum absolute atomic E-state index is 12.2. The molecule has 1 aromatic carbocycles. The molecule has 2 aromatic heterocycles. The van der Waals surface area contributed by atoms with Crippen molar-refractivity contribution in [2.75, 3.05) is 6.54 Å². The zero-order chi connectivity index (χ0) is 17.3. The summed E-state index contributed by atoms with van der Waals surface area (Å²) < 4.78 is 1.41. The van der Waals surface area contributed by atoms with Crippen LogP contribution in [-0.4, -0.2) is 43.4 Å². The molecule has 0 aliphatic rings. The lowest BCUT2D eigenvalue weighted by molar-refractivity contribution is -0.135. The predicted octanol–water partition coefficient (Wildman–Crippen LogP) is 0.234. The summed E-state index contributed by atoms with van der Waals surface area (Å²) in [5.41, 5.74) is -0.527. The lowest BCUT2D eigenvalue weighted by Gasteiger charge is -2.06. The number of rotatable bonds is 4.